The number of nitrogens with zero attached hydrogens (tertiary/aromatic N) is 2. The zero-order valence-corrected chi connectivity index (χ0v) is 14.0. The summed E-state index contributed by atoms with van der Waals surface area (Å²) in [4.78, 5) is 16.1. The number of carbonyl (C=O) groups excluding carboxylic acids is 1. The predicted octanol–water partition coefficient (Wildman–Crippen LogP) is 3.30. The average Bonchev–Trinajstić information content (AvgIpc) is 3.00. The van der Waals surface area contributed by atoms with Crippen LogP contribution in [0.15, 0.2) is 24.3 Å². The van der Waals surface area contributed by atoms with E-state index in [9.17, 15) is 9.18 Å². The van der Waals surface area contributed by atoms with Crippen LogP contribution in [0.3, 0.4) is 0 Å². The molecule has 3 rings (SSSR count). The number of carbonyl (C=O) groups is 1. The molecule has 0 bridgehead atoms. The van der Waals surface area contributed by atoms with Gasteiger partial charge in [-0.1, -0.05) is 18.2 Å². The molecule has 2 aliphatic rings. The summed E-state index contributed by atoms with van der Waals surface area (Å²) in [5.74, 6) is -0.0135. The summed E-state index contributed by atoms with van der Waals surface area (Å²) in [6.45, 7) is 5.53. The minimum atomic E-state index is -0.129. The Hall–Kier alpha value is -1.68. The maximum absolute atomic E-state index is 14.3. The molecule has 0 radical (unpaired) electrons. The number of rotatable bonds is 5. The first-order chi connectivity index (χ1) is 11.1. The predicted molar refractivity (Wildman–Crippen MR) is 90.3 cm³/mol. The van der Waals surface area contributed by atoms with Gasteiger partial charge in [-0.05, 0) is 56.5 Å². The molecule has 124 valence electrons. The van der Waals surface area contributed by atoms with E-state index < -0.39 is 0 Å². The number of allylic oxidation sites excluding steroid dienone is 1. The lowest BCUT2D eigenvalue weighted by atomic mass is 9.81. The lowest BCUT2D eigenvalue weighted by Gasteiger charge is -2.28. The third kappa shape index (κ3) is 3.47. The normalized spacial score (nSPS) is 21.0. The largest absolute Gasteiger partial charge is 0.346 e. The maximum atomic E-state index is 14.3. The van der Waals surface area contributed by atoms with E-state index in [2.05, 4.69) is 4.90 Å². The second kappa shape index (κ2) is 6.83. The maximum Gasteiger partial charge on any atom is 0.229 e. The highest BCUT2D eigenvalue weighted by Crippen LogP contribution is 2.35. The highest BCUT2D eigenvalue weighted by molar-refractivity contribution is 5.89. The second-order valence-corrected chi connectivity index (χ2v) is 6.64. The Morgan fingerprint density at radius 1 is 1.35 bits per heavy atom. The fraction of sp³-hybridized carbons (Fsp3) is 0.526. The van der Waals surface area contributed by atoms with Crippen LogP contribution in [0.5, 0.6) is 0 Å². The molecule has 1 saturated heterocycles. The van der Waals surface area contributed by atoms with Gasteiger partial charge < -0.3 is 4.90 Å². The van der Waals surface area contributed by atoms with Crippen molar-refractivity contribution in [1.82, 2.24) is 9.80 Å². The lowest BCUT2D eigenvalue weighted by molar-refractivity contribution is -0.132. The van der Waals surface area contributed by atoms with Crippen LogP contribution in [-0.2, 0) is 11.3 Å². The minimum absolute atomic E-state index is 0.0395. The van der Waals surface area contributed by atoms with Gasteiger partial charge in [0.25, 0.3) is 0 Å². The molecule has 1 heterocycles. The number of hydrogen-bond acceptors (Lipinski definition) is 2. The molecule has 1 aliphatic heterocycles. The van der Waals surface area contributed by atoms with Crippen molar-refractivity contribution in [3.63, 3.8) is 0 Å². The minimum Gasteiger partial charge on any atom is -0.346 e. The summed E-state index contributed by atoms with van der Waals surface area (Å²) in [5, 5.41) is 0. The summed E-state index contributed by atoms with van der Waals surface area (Å²) in [7, 11) is 1.82. The standard InChI is InChI=1S/C19H25FN2O/c1-3-21(2)19(23)17-10-16(11-17)14-6-7-15(18(20)12-14)13-22-8-4-5-9-22/h6-7,10,12,17H,3-5,8-9,11,13H2,1-2H3. The van der Waals surface area contributed by atoms with Crippen LogP contribution in [0.25, 0.3) is 5.57 Å². The van der Waals surface area contributed by atoms with Crippen LogP contribution in [0, 0.1) is 11.7 Å². The van der Waals surface area contributed by atoms with E-state index in [-0.39, 0.29) is 17.6 Å². The lowest BCUT2D eigenvalue weighted by Crippen LogP contribution is -2.34. The summed E-state index contributed by atoms with van der Waals surface area (Å²) >= 11 is 0. The van der Waals surface area contributed by atoms with E-state index in [1.165, 1.54) is 12.8 Å². The Kier molecular flexibility index (Phi) is 4.81. The molecule has 0 spiro atoms. The second-order valence-electron chi connectivity index (χ2n) is 6.64. The van der Waals surface area contributed by atoms with Gasteiger partial charge in [0.05, 0.1) is 5.92 Å². The Morgan fingerprint density at radius 3 is 2.65 bits per heavy atom. The summed E-state index contributed by atoms with van der Waals surface area (Å²) in [5.41, 5.74) is 2.77. The van der Waals surface area contributed by atoms with Crippen molar-refractivity contribution >= 4 is 11.5 Å². The van der Waals surface area contributed by atoms with Crippen molar-refractivity contribution in [2.45, 2.75) is 32.7 Å². The molecule has 0 N–H and O–H groups in total. The number of amides is 1. The van der Waals surface area contributed by atoms with Gasteiger partial charge in [0.2, 0.25) is 5.91 Å². The molecule has 0 saturated carbocycles. The van der Waals surface area contributed by atoms with Crippen molar-refractivity contribution in [3.05, 3.63) is 41.2 Å². The zero-order chi connectivity index (χ0) is 16.4. The van der Waals surface area contributed by atoms with E-state index in [0.29, 0.717) is 13.0 Å². The molecule has 23 heavy (non-hydrogen) atoms. The Bertz CT molecular complexity index is 620. The third-order valence-corrected chi connectivity index (χ3v) is 5.03. The van der Waals surface area contributed by atoms with Gasteiger partial charge in [-0.2, -0.15) is 0 Å². The van der Waals surface area contributed by atoms with Crippen molar-refractivity contribution in [3.8, 4) is 0 Å². The monoisotopic (exact) mass is 316 g/mol. The smallest absolute Gasteiger partial charge is 0.229 e. The van der Waals surface area contributed by atoms with Crippen LogP contribution in [0.1, 0.15) is 37.3 Å². The molecule has 0 aromatic heterocycles. The van der Waals surface area contributed by atoms with Crippen LogP contribution in [-0.4, -0.2) is 42.4 Å². The first-order valence-electron chi connectivity index (χ1n) is 8.55. The van der Waals surface area contributed by atoms with Gasteiger partial charge in [-0.25, -0.2) is 4.39 Å². The van der Waals surface area contributed by atoms with E-state index >= 15 is 0 Å². The molecule has 1 unspecified atom stereocenters. The molecule has 1 amide bonds. The quantitative estimate of drug-likeness (QED) is 0.832. The first kappa shape index (κ1) is 16.2. The number of likely N-dealkylation sites (tertiary alicyclic amines) is 1. The highest BCUT2D eigenvalue weighted by atomic mass is 19.1. The van der Waals surface area contributed by atoms with Crippen molar-refractivity contribution in [2.24, 2.45) is 5.92 Å². The van der Waals surface area contributed by atoms with Gasteiger partial charge >= 0.3 is 0 Å². The fourth-order valence-electron chi connectivity index (χ4n) is 3.31. The first-order valence-corrected chi connectivity index (χ1v) is 8.55. The van der Waals surface area contributed by atoms with E-state index in [1.807, 2.05) is 32.2 Å². The van der Waals surface area contributed by atoms with Crippen molar-refractivity contribution in [1.29, 1.82) is 0 Å². The van der Waals surface area contributed by atoms with Gasteiger partial charge in [0.1, 0.15) is 5.82 Å². The Balaban J connectivity index is 1.66. The van der Waals surface area contributed by atoms with Crippen LogP contribution in [0.4, 0.5) is 4.39 Å². The molecule has 1 aromatic carbocycles. The summed E-state index contributed by atoms with van der Waals surface area (Å²) < 4.78 is 14.3. The van der Waals surface area contributed by atoms with E-state index in [1.54, 1.807) is 11.0 Å². The molecule has 1 aliphatic carbocycles. The van der Waals surface area contributed by atoms with Crippen LogP contribution in [0.2, 0.25) is 0 Å². The van der Waals surface area contributed by atoms with Crippen LogP contribution >= 0.6 is 0 Å². The topological polar surface area (TPSA) is 23.6 Å². The molecule has 1 fully saturated rings. The molecule has 4 heteroatoms. The Labute approximate surface area is 137 Å². The van der Waals surface area contributed by atoms with Crippen molar-refractivity contribution < 1.29 is 9.18 Å². The fourth-order valence-corrected chi connectivity index (χ4v) is 3.31. The zero-order valence-electron chi connectivity index (χ0n) is 14.0. The average molecular weight is 316 g/mol. The third-order valence-electron chi connectivity index (χ3n) is 5.03. The number of hydrogen-bond donors (Lipinski definition) is 0. The van der Waals surface area contributed by atoms with Gasteiger partial charge in [0.15, 0.2) is 0 Å². The van der Waals surface area contributed by atoms with Gasteiger partial charge in [-0.3, -0.25) is 9.69 Å². The van der Waals surface area contributed by atoms with E-state index in [0.717, 1.165) is 36.3 Å². The Morgan fingerprint density at radius 2 is 2.04 bits per heavy atom. The number of benzene rings is 1. The molecular formula is C19H25FN2O. The van der Waals surface area contributed by atoms with Gasteiger partial charge in [-0.15, -0.1) is 0 Å². The van der Waals surface area contributed by atoms with Crippen LogP contribution < -0.4 is 0 Å². The van der Waals surface area contributed by atoms with E-state index in [4.69, 9.17) is 0 Å². The SMILES string of the molecule is CCN(C)C(=O)C1C=C(c2ccc(CN3CCCC3)c(F)c2)C1. The molecular weight excluding hydrogens is 291 g/mol. The molecule has 1 atom stereocenters. The summed E-state index contributed by atoms with van der Waals surface area (Å²) in [6.07, 6.45) is 5.12. The highest BCUT2D eigenvalue weighted by Gasteiger charge is 2.28. The molecule has 1 aromatic rings. The van der Waals surface area contributed by atoms with Crippen molar-refractivity contribution in [2.75, 3.05) is 26.7 Å². The van der Waals surface area contributed by atoms with Gasteiger partial charge in [0, 0.05) is 25.7 Å². The summed E-state index contributed by atoms with van der Waals surface area (Å²) in [6, 6.07) is 5.52. The number of halogens is 1. The molecule has 3 nitrogen and oxygen atoms in total.